The third-order valence-electron chi connectivity index (χ3n) is 6.98. The number of anilines is 1. The highest BCUT2D eigenvalue weighted by atomic mass is 35.5. The molecule has 0 bridgehead atoms. The van der Waals surface area contributed by atoms with Crippen LogP contribution < -0.4 is 4.90 Å². The van der Waals surface area contributed by atoms with E-state index in [2.05, 4.69) is 9.88 Å². The lowest BCUT2D eigenvalue weighted by molar-refractivity contribution is -0.134. The summed E-state index contributed by atoms with van der Waals surface area (Å²) in [4.78, 5) is 21.4. The Kier molecular flexibility index (Phi) is 8.28. The number of sulfonamides is 1. The van der Waals surface area contributed by atoms with E-state index in [1.54, 1.807) is 18.2 Å². The zero-order chi connectivity index (χ0) is 24.3. The molecule has 190 valence electrons. The molecule has 1 amide bonds. The molecule has 0 N–H and O–H groups in total. The van der Waals surface area contributed by atoms with Gasteiger partial charge >= 0.3 is 0 Å². The average molecular weight is 527 g/mol. The Hall–Kier alpha value is -2.94. The van der Waals surface area contributed by atoms with Crippen LogP contribution in [0.1, 0.15) is 12.8 Å². The number of nitrogens with zero attached hydrogens (tertiary/aromatic N) is 4. The molecule has 2 aromatic carbocycles. The molecule has 2 aliphatic rings. The molecule has 1 aromatic heterocycles. The Morgan fingerprint density at radius 1 is 0.833 bits per heavy atom. The monoisotopic (exact) mass is 526 g/mol. The number of halogens is 1. The van der Waals surface area contributed by atoms with Gasteiger partial charge in [-0.3, -0.25) is 9.78 Å². The van der Waals surface area contributed by atoms with Crippen molar-refractivity contribution < 1.29 is 13.2 Å². The molecular weight excluding hydrogens is 496 g/mol. The minimum Gasteiger partial charge on any atom is -0.371 e. The van der Waals surface area contributed by atoms with Gasteiger partial charge in [0.1, 0.15) is 0 Å². The van der Waals surface area contributed by atoms with E-state index in [9.17, 15) is 13.2 Å². The van der Waals surface area contributed by atoms with Gasteiger partial charge in [-0.1, -0.05) is 42.5 Å². The van der Waals surface area contributed by atoms with E-state index in [1.165, 1.54) is 9.99 Å². The van der Waals surface area contributed by atoms with Crippen molar-refractivity contribution in [3.8, 4) is 11.1 Å². The number of amides is 1. The van der Waals surface area contributed by atoms with Gasteiger partial charge in [0.15, 0.2) is 0 Å². The summed E-state index contributed by atoms with van der Waals surface area (Å²) in [5.74, 6) is 0.318. The summed E-state index contributed by atoms with van der Waals surface area (Å²) in [5, 5.41) is 0. The van der Waals surface area contributed by atoms with Gasteiger partial charge in [-0.2, -0.15) is 4.31 Å². The largest absolute Gasteiger partial charge is 0.371 e. The number of piperazine rings is 1. The van der Waals surface area contributed by atoms with Crippen molar-refractivity contribution >= 4 is 34.0 Å². The Balaban J connectivity index is 0.00000304. The first-order valence-electron chi connectivity index (χ1n) is 12.1. The predicted molar refractivity (Wildman–Crippen MR) is 144 cm³/mol. The van der Waals surface area contributed by atoms with Crippen molar-refractivity contribution in [2.75, 3.05) is 44.2 Å². The van der Waals surface area contributed by atoms with E-state index in [4.69, 9.17) is 0 Å². The molecular formula is C27H31ClN4O3S. The van der Waals surface area contributed by atoms with E-state index in [1.807, 2.05) is 65.8 Å². The van der Waals surface area contributed by atoms with Crippen molar-refractivity contribution in [2.24, 2.45) is 5.92 Å². The maximum absolute atomic E-state index is 13.3. The quantitative estimate of drug-likeness (QED) is 0.487. The number of hydrogen-bond donors (Lipinski definition) is 0. The molecule has 3 heterocycles. The maximum Gasteiger partial charge on any atom is 0.243 e. The van der Waals surface area contributed by atoms with Gasteiger partial charge in [-0.15, -0.1) is 12.4 Å². The first-order valence-corrected chi connectivity index (χ1v) is 13.5. The summed E-state index contributed by atoms with van der Waals surface area (Å²) in [7, 11) is -3.75. The predicted octanol–water partition coefficient (Wildman–Crippen LogP) is 3.92. The Bertz CT molecular complexity index is 1270. The molecule has 0 saturated carbocycles. The molecule has 0 unspecified atom stereocenters. The van der Waals surface area contributed by atoms with Crippen LogP contribution in [-0.4, -0.2) is 67.8 Å². The van der Waals surface area contributed by atoms with Gasteiger partial charge in [0, 0.05) is 50.8 Å². The summed E-state index contributed by atoms with van der Waals surface area (Å²) in [6.07, 6.45) is 5.65. The molecule has 2 saturated heterocycles. The molecule has 2 fully saturated rings. The highest BCUT2D eigenvalue weighted by Crippen LogP contribution is 2.27. The van der Waals surface area contributed by atoms with Gasteiger partial charge < -0.3 is 9.80 Å². The van der Waals surface area contributed by atoms with Gasteiger partial charge in [-0.25, -0.2) is 8.42 Å². The third-order valence-corrected chi connectivity index (χ3v) is 8.82. The topological polar surface area (TPSA) is 73.8 Å². The van der Waals surface area contributed by atoms with Crippen LogP contribution in [0.3, 0.4) is 0 Å². The standard InChI is InChI=1S/C27H30N4O3S.ClH/c32-27-21-31(35(33,34)26-8-4-7-24(19-26)23-5-2-1-3-6-23)18-17-30(27)20-22-11-15-29(16-12-22)25-9-13-28-14-10-25;/h1-10,13-14,19,22H,11-12,15-18,20-21H2;1H. The second kappa shape index (κ2) is 11.4. The van der Waals surface area contributed by atoms with Gasteiger partial charge in [0.25, 0.3) is 0 Å². The number of carbonyl (C=O) groups is 1. The first-order chi connectivity index (χ1) is 17.0. The lowest BCUT2D eigenvalue weighted by Gasteiger charge is -2.38. The van der Waals surface area contributed by atoms with Crippen molar-refractivity contribution in [1.29, 1.82) is 0 Å². The van der Waals surface area contributed by atoms with Crippen LogP contribution in [-0.2, 0) is 14.8 Å². The number of hydrogen-bond acceptors (Lipinski definition) is 5. The number of piperidine rings is 1. The highest BCUT2D eigenvalue weighted by molar-refractivity contribution is 7.89. The summed E-state index contributed by atoms with van der Waals surface area (Å²) in [6.45, 7) is 3.25. The lowest BCUT2D eigenvalue weighted by atomic mass is 9.95. The number of aromatic nitrogens is 1. The van der Waals surface area contributed by atoms with Crippen LogP contribution in [0.15, 0.2) is 84.0 Å². The molecule has 36 heavy (non-hydrogen) atoms. The van der Waals surface area contributed by atoms with Gasteiger partial charge in [0.05, 0.1) is 11.4 Å². The lowest BCUT2D eigenvalue weighted by Crippen LogP contribution is -2.53. The fourth-order valence-corrected chi connectivity index (χ4v) is 6.37. The zero-order valence-electron chi connectivity index (χ0n) is 20.1. The molecule has 0 aliphatic carbocycles. The summed E-state index contributed by atoms with van der Waals surface area (Å²) >= 11 is 0. The Morgan fingerprint density at radius 3 is 2.22 bits per heavy atom. The summed E-state index contributed by atoms with van der Waals surface area (Å²) < 4.78 is 28.0. The van der Waals surface area contributed by atoms with Crippen LogP contribution in [0.5, 0.6) is 0 Å². The smallest absolute Gasteiger partial charge is 0.243 e. The summed E-state index contributed by atoms with van der Waals surface area (Å²) in [6, 6.07) is 20.7. The van der Waals surface area contributed by atoms with Crippen molar-refractivity contribution in [1.82, 2.24) is 14.2 Å². The summed E-state index contributed by atoms with van der Waals surface area (Å²) in [5.41, 5.74) is 2.99. The number of rotatable bonds is 6. The van der Waals surface area contributed by atoms with Gasteiger partial charge in [-0.05, 0) is 54.2 Å². The van der Waals surface area contributed by atoms with E-state index in [0.29, 0.717) is 25.6 Å². The number of carbonyl (C=O) groups excluding carboxylic acids is 1. The van der Waals surface area contributed by atoms with Gasteiger partial charge in [0.2, 0.25) is 15.9 Å². The van der Waals surface area contributed by atoms with E-state index in [-0.39, 0.29) is 29.8 Å². The molecule has 2 aliphatic heterocycles. The molecule has 3 aromatic rings. The molecule has 0 radical (unpaired) electrons. The average Bonchev–Trinajstić information content (AvgIpc) is 2.91. The Labute approximate surface area is 219 Å². The van der Waals surface area contributed by atoms with E-state index < -0.39 is 10.0 Å². The van der Waals surface area contributed by atoms with Crippen LogP contribution >= 0.6 is 12.4 Å². The van der Waals surface area contributed by atoms with Crippen LogP contribution in [0.2, 0.25) is 0 Å². The number of pyridine rings is 1. The zero-order valence-corrected chi connectivity index (χ0v) is 21.7. The second-order valence-electron chi connectivity index (χ2n) is 9.21. The number of benzene rings is 2. The minimum atomic E-state index is -3.75. The second-order valence-corrected chi connectivity index (χ2v) is 11.1. The van der Waals surface area contributed by atoms with Crippen LogP contribution in [0.25, 0.3) is 11.1 Å². The van der Waals surface area contributed by atoms with Crippen LogP contribution in [0, 0.1) is 5.92 Å². The fourth-order valence-electron chi connectivity index (χ4n) is 4.94. The van der Waals surface area contributed by atoms with Crippen molar-refractivity contribution in [3.63, 3.8) is 0 Å². The highest BCUT2D eigenvalue weighted by Gasteiger charge is 2.34. The minimum absolute atomic E-state index is 0. The van der Waals surface area contributed by atoms with E-state index >= 15 is 0 Å². The fraction of sp³-hybridized carbons (Fsp3) is 0.333. The normalized spacial score (nSPS) is 17.6. The third kappa shape index (κ3) is 5.72. The van der Waals surface area contributed by atoms with E-state index in [0.717, 1.165) is 37.1 Å². The molecule has 0 atom stereocenters. The molecule has 9 heteroatoms. The molecule has 5 rings (SSSR count). The first kappa shape index (κ1) is 26.1. The molecule has 7 nitrogen and oxygen atoms in total. The van der Waals surface area contributed by atoms with Crippen molar-refractivity contribution in [2.45, 2.75) is 17.7 Å². The van der Waals surface area contributed by atoms with Crippen LogP contribution in [0.4, 0.5) is 5.69 Å². The Morgan fingerprint density at radius 2 is 1.53 bits per heavy atom. The SMILES string of the molecule is Cl.O=C1CN(S(=O)(=O)c2cccc(-c3ccccc3)c2)CCN1CC1CCN(c2ccncc2)CC1. The van der Waals surface area contributed by atoms with Crippen molar-refractivity contribution in [3.05, 3.63) is 79.1 Å². The maximum atomic E-state index is 13.3. The molecule has 0 spiro atoms.